The molecular formula is C12H24O. The van der Waals surface area contributed by atoms with Crippen LogP contribution in [0.2, 0.25) is 0 Å². The lowest BCUT2D eigenvalue weighted by atomic mass is 9.77. The molecule has 78 valence electrons. The molecule has 0 heterocycles. The molecule has 0 spiro atoms. The van der Waals surface area contributed by atoms with E-state index < -0.39 is 0 Å². The molecular weight excluding hydrogens is 160 g/mol. The number of hydrogen-bond acceptors (Lipinski definition) is 1. The summed E-state index contributed by atoms with van der Waals surface area (Å²) in [6.45, 7) is 4.84. The van der Waals surface area contributed by atoms with Crippen molar-refractivity contribution in [3.63, 3.8) is 0 Å². The Morgan fingerprint density at radius 3 is 2.62 bits per heavy atom. The number of rotatable bonds is 4. The van der Waals surface area contributed by atoms with E-state index in [1.807, 2.05) is 0 Å². The SMILES string of the molecule is CCC1CCCC(CC(C)CO)C1. The summed E-state index contributed by atoms with van der Waals surface area (Å²) in [6, 6.07) is 0. The van der Waals surface area contributed by atoms with Gasteiger partial charge in [-0.2, -0.15) is 0 Å². The highest BCUT2D eigenvalue weighted by Crippen LogP contribution is 2.34. The van der Waals surface area contributed by atoms with Crippen LogP contribution in [0, 0.1) is 17.8 Å². The quantitative estimate of drug-likeness (QED) is 0.711. The Kier molecular flexibility index (Phi) is 4.79. The van der Waals surface area contributed by atoms with Gasteiger partial charge in [-0.15, -0.1) is 0 Å². The molecule has 0 aromatic carbocycles. The highest BCUT2D eigenvalue weighted by atomic mass is 16.3. The summed E-state index contributed by atoms with van der Waals surface area (Å²) in [7, 11) is 0. The fourth-order valence-corrected chi connectivity index (χ4v) is 2.63. The average Bonchev–Trinajstić information content (AvgIpc) is 2.18. The fourth-order valence-electron chi connectivity index (χ4n) is 2.63. The van der Waals surface area contributed by atoms with E-state index in [9.17, 15) is 0 Å². The zero-order valence-electron chi connectivity index (χ0n) is 9.13. The number of hydrogen-bond donors (Lipinski definition) is 1. The van der Waals surface area contributed by atoms with E-state index in [0.717, 1.165) is 11.8 Å². The molecule has 0 amide bonds. The van der Waals surface area contributed by atoms with Gasteiger partial charge in [0, 0.05) is 6.61 Å². The summed E-state index contributed by atoms with van der Waals surface area (Å²) in [5.41, 5.74) is 0. The molecule has 1 saturated carbocycles. The smallest absolute Gasteiger partial charge is 0.0456 e. The lowest BCUT2D eigenvalue weighted by molar-refractivity contribution is 0.177. The summed E-state index contributed by atoms with van der Waals surface area (Å²) in [5, 5.41) is 8.99. The Labute approximate surface area is 82.5 Å². The van der Waals surface area contributed by atoms with Crippen molar-refractivity contribution in [2.45, 2.75) is 52.4 Å². The zero-order valence-corrected chi connectivity index (χ0v) is 9.13. The van der Waals surface area contributed by atoms with Crippen molar-refractivity contribution >= 4 is 0 Å². The molecule has 1 fully saturated rings. The van der Waals surface area contributed by atoms with Crippen molar-refractivity contribution in [2.75, 3.05) is 6.61 Å². The molecule has 0 bridgehead atoms. The van der Waals surface area contributed by atoms with Gasteiger partial charge in [0.1, 0.15) is 0 Å². The van der Waals surface area contributed by atoms with Gasteiger partial charge in [0.05, 0.1) is 0 Å². The first kappa shape index (κ1) is 11.0. The molecule has 0 radical (unpaired) electrons. The molecule has 13 heavy (non-hydrogen) atoms. The van der Waals surface area contributed by atoms with Gasteiger partial charge < -0.3 is 5.11 Å². The molecule has 3 atom stereocenters. The molecule has 1 aliphatic carbocycles. The summed E-state index contributed by atoms with van der Waals surface area (Å²) in [6.07, 6.45) is 8.28. The Morgan fingerprint density at radius 1 is 1.31 bits per heavy atom. The molecule has 1 nitrogen and oxygen atoms in total. The topological polar surface area (TPSA) is 20.2 Å². The Bertz CT molecular complexity index is 131. The maximum absolute atomic E-state index is 8.99. The van der Waals surface area contributed by atoms with Crippen LogP contribution < -0.4 is 0 Å². The molecule has 0 aliphatic heterocycles. The van der Waals surface area contributed by atoms with Crippen LogP contribution in [0.4, 0.5) is 0 Å². The first-order valence-corrected chi connectivity index (χ1v) is 5.87. The second kappa shape index (κ2) is 5.64. The van der Waals surface area contributed by atoms with E-state index in [-0.39, 0.29) is 0 Å². The van der Waals surface area contributed by atoms with Crippen molar-refractivity contribution in [1.82, 2.24) is 0 Å². The van der Waals surface area contributed by atoms with Gasteiger partial charge >= 0.3 is 0 Å². The van der Waals surface area contributed by atoms with E-state index in [1.165, 1.54) is 38.5 Å². The first-order chi connectivity index (χ1) is 6.26. The van der Waals surface area contributed by atoms with Crippen LogP contribution in [-0.4, -0.2) is 11.7 Å². The van der Waals surface area contributed by atoms with Crippen LogP contribution in [0.5, 0.6) is 0 Å². The Balaban J connectivity index is 2.25. The highest BCUT2D eigenvalue weighted by Gasteiger charge is 2.21. The largest absolute Gasteiger partial charge is 0.396 e. The van der Waals surface area contributed by atoms with E-state index in [1.54, 1.807) is 0 Å². The summed E-state index contributed by atoms with van der Waals surface area (Å²) < 4.78 is 0. The molecule has 0 aromatic heterocycles. The molecule has 0 aromatic rings. The lowest BCUT2D eigenvalue weighted by Crippen LogP contribution is -2.18. The lowest BCUT2D eigenvalue weighted by Gasteiger charge is -2.29. The third-order valence-corrected chi connectivity index (χ3v) is 3.52. The summed E-state index contributed by atoms with van der Waals surface area (Å²) in [5.74, 6) is 2.39. The van der Waals surface area contributed by atoms with Crippen molar-refractivity contribution < 1.29 is 5.11 Å². The average molecular weight is 184 g/mol. The predicted molar refractivity (Wildman–Crippen MR) is 56.6 cm³/mol. The summed E-state index contributed by atoms with van der Waals surface area (Å²) in [4.78, 5) is 0. The van der Waals surface area contributed by atoms with Crippen LogP contribution in [0.15, 0.2) is 0 Å². The zero-order chi connectivity index (χ0) is 9.68. The fraction of sp³-hybridized carbons (Fsp3) is 1.00. The minimum atomic E-state index is 0.368. The van der Waals surface area contributed by atoms with Crippen LogP contribution >= 0.6 is 0 Å². The van der Waals surface area contributed by atoms with E-state index >= 15 is 0 Å². The third-order valence-electron chi connectivity index (χ3n) is 3.52. The predicted octanol–water partition coefficient (Wildman–Crippen LogP) is 3.22. The van der Waals surface area contributed by atoms with Gasteiger partial charge in [-0.1, -0.05) is 39.5 Å². The van der Waals surface area contributed by atoms with E-state index in [0.29, 0.717) is 12.5 Å². The van der Waals surface area contributed by atoms with Crippen molar-refractivity contribution in [1.29, 1.82) is 0 Å². The summed E-state index contributed by atoms with van der Waals surface area (Å²) >= 11 is 0. The van der Waals surface area contributed by atoms with Gasteiger partial charge in [-0.05, 0) is 30.6 Å². The maximum atomic E-state index is 8.99. The van der Waals surface area contributed by atoms with Crippen molar-refractivity contribution in [3.05, 3.63) is 0 Å². The first-order valence-electron chi connectivity index (χ1n) is 5.87. The van der Waals surface area contributed by atoms with E-state index in [4.69, 9.17) is 5.11 Å². The molecule has 3 unspecified atom stereocenters. The van der Waals surface area contributed by atoms with E-state index in [2.05, 4.69) is 13.8 Å². The van der Waals surface area contributed by atoms with Crippen LogP contribution in [-0.2, 0) is 0 Å². The van der Waals surface area contributed by atoms with Crippen molar-refractivity contribution in [3.8, 4) is 0 Å². The minimum Gasteiger partial charge on any atom is -0.396 e. The van der Waals surface area contributed by atoms with Crippen LogP contribution in [0.1, 0.15) is 52.4 Å². The second-order valence-electron chi connectivity index (χ2n) is 4.83. The number of aliphatic hydroxyl groups is 1. The number of aliphatic hydroxyl groups excluding tert-OH is 1. The maximum Gasteiger partial charge on any atom is 0.0456 e. The molecule has 1 rings (SSSR count). The monoisotopic (exact) mass is 184 g/mol. The van der Waals surface area contributed by atoms with Crippen molar-refractivity contribution in [2.24, 2.45) is 17.8 Å². The normalized spacial score (nSPS) is 31.6. The van der Waals surface area contributed by atoms with Gasteiger partial charge in [0.25, 0.3) is 0 Å². The van der Waals surface area contributed by atoms with Crippen LogP contribution in [0.25, 0.3) is 0 Å². The molecule has 1 heteroatoms. The van der Waals surface area contributed by atoms with Gasteiger partial charge in [-0.25, -0.2) is 0 Å². The van der Waals surface area contributed by atoms with Gasteiger partial charge in [0.2, 0.25) is 0 Å². The Morgan fingerprint density at radius 2 is 2.00 bits per heavy atom. The molecule has 0 saturated heterocycles. The third kappa shape index (κ3) is 3.68. The minimum absolute atomic E-state index is 0.368. The van der Waals surface area contributed by atoms with Crippen LogP contribution in [0.3, 0.4) is 0 Å². The van der Waals surface area contributed by atoms with Gasteiger partial charge in [0.15, 0.2) is 0 Å². The Hall–Kier alpha value is -0.0400. The standard InChI is InChI=1S/C12H24O/c1-3-11-5-4-6-12(8-11)7-10(2)9-13/h10-13H,3-9H2,1-2H3. The second-order valence-corrected chi connectivity index (χ2v) is 4.83. The van der Waals surface area contributed by atoms with Gasteiger partial charge in [-0.3, -0.25) is 0 Å². The molecule has 1 N–H and O–H groups in total. The highest BCUT2D eigenvalue weighted by molar-refractivity contribution is 4.73. The molecule has 1 aliphatic rings.